The molecule has 108 valence electrons. The minimum Gasteiger partial charge on any atom is -0.461 e. The first-order valence-electron chi connectivity index (χ1n) is 5.98. The predicted molar refractivity (Wildman–Crippen MR) is 68.7 cm³/mol. The highest BCUT2D eigenvalue weighted by Crippen LogP contribution is 2.06. The molecule has 0 aromatic carbocycles. The molecule has 0 heterocycles. The van der Waals surface area contributed by atoms with Crippen molar-refractivity contribution < 1.29 is 23.9 Å². The molecule has 0 aromatic heterocycles. The summed E-state index contributed by atoms with van der Waals surface area (Å²) in [5, 5.41) is 3.47. The standard InChI is InChI=1S/C12H20N2O5/c1-6-8(15)9(10(16)18-7-2)13-14-11(17)19-12(3,4)5/h6-7H2,1-5H3,(H,14,17)/b13-9+. The highest BCUT2D eigenvalue weighted by molar-refractivity contribution is 6.64. The normalized spacial score (nSPS) is 11.7. The van der Waals surface area contributed by atoms with Gasteiger partial charge in [0.15, 0.2) is 5.78 Å². The summed E-state index contributed by atoms with van der Waals surface area (Å²) in [6, 6.07) is 0. The summed E-state index contributed by atoms with van der Waals surface area (Å²) < 4.78 is 9.60. The van der Waals surface area contributed by atoms with Crippen LogP contribution in [0.15, 0.2) is 5.10 Å². The SMILES string of the molecule is CCOC(=O)/C(=N/NC(=O)OC(C)(C)C)C(=O)CC. The van der Waals surface area contributed by atoms with E-state index in [1.165, 1.54) is 0 Å². The maximum Gasteiger partial charge on any atom is 0.428 e. The van der Waals surface area contributed by atoms with E-state index in [4.69, 9.17) is 4.74 Å². The summed E-state index contributed by atoms with van der Waals surface area (Å²) in [5.74, 6) is -1.39. The van der Waals surface area contributed by atoms with Gasteiger partial charge in [-0.05, 0) is 27.7 Å². The molecular weight excluding hydrogens is 252 g/mol. The zero-order chi connectivity index (χ0) is 15.1. The number of carbonyl (C=O) groups is 3. The van der Waals surface area contributed by atoms with Crippen molar-refractivity contribution in [2.24, 2.45) is 5.10 Å². The van der Waals surface area contributed by atoms with E-state index in [1.807, 2.05) is 5.43 Å². The molecule has 0 radical (unpaired) electrons. The van der Waals surface area contributed by atoms with E-state index < -0.39 is 29.2 Å². The fraction of sp³-hybridized carbons (Fsp3) is 0.667. The van der Waals surface area contributed by atoms with Crippen LogP contribution >= 0.6 is 0 Å². The molecule has 0 aliphatic carbocycles. The van der Waals surface area contributed by atoms with Gasteiger partial charge in [0.25, 0.3) is 0 Å². The van der Waals surface area contributed by atoms with Crippen molar-refractivity contribution in [2.45, 2.75) is 46.6 Å². The number of nitrogens with zero attached hydrogens (tertiary/aromatic N) is 1. The van der Waals surface area contributed by atoms with Gasteiger partial charge >= 0.3 is 12.1 Å². The van der Waals surface area contributed by atoms with E-state index in [9.17, 15) is 14.4 Å². The summed E-state index contributed by atoms with van der Waals surface area (Å²) >= 11 is 0. The molecule has 0 unspecified atom stereocenters. The molecule has 0 spiro atoms. The molecule has 7 nitrogen and oxygen atoms in total. The van der Waals surface area contributed by atoms with Gasteiger partial charge < -0.3 is 9.47 Å². The zero-order valence-electron chi connectivity index (χ0n) is 11.9. The molecule has 0 aromatic rings. The van der Waals surface area contributed by atoms with Gasteiger partial charge in [-0.2, -0.15) is 5.10 Å². The molecule has 0 aliphatic heterocycles. The van der Waals surface area contributed by atoms with Crippen molar-refractivity contribution in [1.29, 1.82) is 0 Å². The number of rotatable bonds is 5. The van der Waals surface area contributed by atoms with Gasteiger partial charge in [-0.15, -0.1) is 0 Å². The fourth-order valence-electron chi connectivity index (χ4n) is 0.991. The van der Waals surface area contributed by atoms with Crippen molar-refractivity contribution in [3.8, 4) is 0 Å². The zero-order valence-corrected chi connectivity index (χ0v) is 11.9. The molecule has 0 aliphatic rings. The first kappa shape index (κ1) is 17.1. The van der Waals surface area contributed by atoms with Crippen LogP contribution in [0, 0.1) is 0 Å². The number of hydrogen-bond donors (Lipinski definition) is 1. The van der Waals surface area contributed by atoms with Crippen molar-refractivity contribution in [1.82, 2.24) is 5.43 Å². The van der Waals surface area contributed by atoms with E-state index in [0.717, 1.165) is 0 Å². The van der Waals surface area contributed by atoms with Crippen molar-refractivity contribution in [3.63, 3.8) is 0 Å². The van der Waals surface area contributed by atoms with Crippen molar-refractivity contribution in [2.75, 3.05) is 6.61 Å². The maximum absolute atomic E-state index is 11.5. The third-order valence-electron chi connectivity index (χ3n) is 1.71. The number of hydrazone groups is 1. The van der Waals surface area contributed by atoms with Crippen LogP contribution in [0.4, 0.5) is 4.79 Å². The quantitative estimate of drug-likeness (QED) is 0.353. The monoisotopic (exact) mass is 272 g/mol. The number of nitrogens with one attached hydrogen (secondary N) is 1. The Balaban J connectivity index is 4.79. The Hall–Kier alpha value is -1.92. The Morgan fingerprint density at radius 1 is 1.16 bits per heavy atom. The molecule has 0 saturated carbocycles. The van der Waals surface area contributed by atoms with Gasteiger partial charge in [0.2, 0.25) is 5.71 Å². The molecule has 7 heteroatoms. The number of carbonyl (C=O) groups excluding carboxylic acids is 3. The predicted octanol–water partition coefficient (Wildman–Crippen LogP) is 1.41. The second kappa shape index (κ2) is 7.50. The summed E-state index contributed by atoms with van der Waals surface area (Å²) in [5.41, 5.74) is 0.854. The maximum atomic E-state index is 11.5. The Labute approximate surface area is 112 Å². The number of amides is 1. The lowest BCUT2D eigenvalue weighted by molar-refractivity contribution is -0.135. The minimum absolute atomic E-state index is 0.0770. The molecule has 0 bridgehead atoms. The highest BCUT2D eigenvalue weighted by atomic mass is 16.6. The van der Waals surface area contributed by atoms with Gasteiger partial charge in [-0.3, -0.25) is 4.79 Å². The summed E-state index contributed by atoms with van der Waals surface area (Å²) in [6.07, 6.45) is -0.772. The number of esters is 1. The Kier molecular flexibility index (Phi) is 6.74. The lowest BCUT2D eigenvalue weighted by Gasteiger charge is -2.18. The van der Waals surface area contributed by atoms with Crippen LogP contribution in [-0.2, 0) is 19.1 Å². The average molecular weight is 272 g/mol. The van der Waals surface area contributed by atoms with Crippen LogP contribution in [0.25, 0.3) is 0 Å². The molecular formula is C12H20N2O5. The lowest BCUT2D eigenvalue weighted by atomic mass is 10.2. The van der Waals surface area contributed by atoms with Crippen LogP contribution in [0.5, 0.6) is 0 Å². The van der Waals surface area contributed by atoms with E-state index >= 15 is 0 Å². The third kappa shape index (κ3) is 7.17. The second-order valence-corrected chi connectivity index (χ2v) is 4.57. The Morgan fingerprint density at radius 2 is 1.74 bits per heavy atom. The van der Waals surface area contributed by atoms with Gasteiger partial charge in [0.1, 0.15) is 5.60 Å². The topological polar surface area (TPSA) is 94.1 Å². The molecule has 0 fully saturated rings. The van der Waals surface area contributed by atoms with Crippen molar-refractivity contribution in [3.05, 3.63) is 0 Å². The van der Waals surface area contributed by atoms with Crippen LogP contribution in [0.3, 0.4) is 0 Å². The second-order valence-electron chi connectivity index (χ2n) is 4.57. The fourth-order valence-corrected chi connectivity index (χ4v) is 0.991. The Morgan fingerprint density at radius 3 is 2.16 bits per heavy atom. The third-order valence-corrected chi connectivity index (χ3v) is 1.71. The minimum atomic E-state index is -0.870. The number of ether oxygens (including phenoxy) is 2. The first-order chi connectivity index (χ1) is 8.71. The van der Waals surface area contributed by atoms with Crippen LogP contribution in [0.2, 0.25) is 0 Å². The molecule has 19 heavy (non-hydrogen) atoms. The summed E-state index contributed by atoms with van der Waals surface area (Å²) in [4.78, 5) is 34.3. The van der Waals surface area contributed by atoms with E-state index in [-0.39, 0.29) is 13.0 Å². The lowest BCUT2D eigenvalue weighted by Crippen LogP contribution is -2.33. The van der Waals surface area contributed by atoms with Crippen molar-refractivity contribution >= 4 is 23.6 Å². The molecule has 0 rings (SSSR count). The van der Waals surface area contributed by atoms with Gasteiger partial charge in [0.05, 0.1) is 6.61 Å². The number of hydrogen-bond acceptors (Lipinski definition) is 6. The molecule has 0 atom stereocenters. The molecule has 0 saturated heterocycles. The molecule has 1 amide bonds. The van der Waals surface area contributed by atoms with E-state index in [0.29, 0.717) is 0 Å². The smallest absolute Gasteiger partial charge is 0.428 e. The van der Waals surface area contributed by atoms with Gasteiger partial charge in [0, 0.05) is 6.42 Å². The molecule has 1 N–H and O–H groups in total. The highest BCUT2D eigenvalue weighted by Gasteiger charge is 2.22. The van der Waals surface area contributed by atoms with Crippen LogP contribution < -0.4 is 5.43 Å². The Bertz CT molecular complexity index is 382. The first-order valence-corrected chi connectivity index (χ1v) is 5.98. The van der Waals surface area contributed by atoms with E-state index in [2.05, 4.69) is 9.84 Å². The largest absolute Gasteiger partial charge is 0.461 e. The van der Waals surface area contributed by atoms with E-state index in [1.54, 1.807) is 34.6 Å². The summed E-state index contributed by atoms with van der Waals surface area (Å²) in [6.45, 7) is 8.33. The van der Waals surface area contributed by atoms with Crippen LogP contribution in [-0.4, -0.2) is 35.8 Å². The van der Waals surface area contributed by atoms with Crippen LogP contribution in [0.1, 0.15) is 41.0 Å². The number of ketones is 1. The van der Waals surface area contributed by atoms with Gasteiger partial charge in [-0.1, -0.05) is 6.92 Å². The van der Waals surface area contributed by atoms with Gasteiger partial charge in [-0.25, -0.2) is 15.0 Å². The average Bonchev–Trinajstić information content (AvgIpc) is 2.26. The summed E-state index contributed by atoms with van der Waals surface area (Å²) in [7, 11) is 0. The number of Topliss-reactive ketones (excluding diaryl/α,β-unsaturated/α-hetero) is 1.